The van der Waals surface area contributed by atoms with E-state index in [4.69, 9.17) is 11.5 Å². The molecular weight excluding hydrogens is 258 g/mol. The van der Waals surface area contributed by atoms with Gasteiger partial charge >= 0.3 is 0 Å². The fraction of sp³-hybridized carbons (Fsp3) is 0.455. The van der Waals surface area contributed by atoms with E-state index in [-0.39, 0.29) is 23.8 Å². The van der Waals surface area contributed by atoms with E-state index in [1.807, 2.05) is 0 Å². The number of nitro groups is 1. The van der Waals surface area contributed by atoms with E-state index in [9.17, 15) is 15.2 Å². The van der Waals surface area contributed by atoms with Crippen LogP contribution in [0.25, 0.3) is 0 Å². The van der Waals surface area contributed by atoms with Gasteiger partial charge in [0.25, 0.3) is 5.69 Å². The summed E-state index contributed by atoms with van der Waals surface area (Å²) >= 11 is 0. The molecule has 0 spiro atoms. The van der Waals surface area contributed by atoms with Crippen LogP contribution in [0.1, 0.15) is 30.9 Å². The largest absolute Gasteiger partial charge is 0.508 e. The fourth-order valence-corrected chi connectivity index (χ4v) is 1.67. The van der Waals surface area contributed by atoms with Gasteiger partial charge in [-0.15, -0.1) is 12.4 Å². The van der Waals surface area contributed by atoms with Crippen LogP contribution in [0.15, 0.2) is 18.2 Å². The second kappa shape index (κ2) is 7.86. The molecule has 0 aliphatic rings. The molecule has 0 heterocycles. The zero-order valence-electron chi connectivity index (χ0n) is 9.91. The first kappa shape index (κ1) is 16.6. The van der Waals surface area contributed by atoms with Crippen LogP contribution in [-0.2, 0) is 0 Å². The minimum atomic E-state index is -0.489. The summed E-state index contributed by atoms with van der Waals surface area (Å²) in [6, 6.07) is 3.46. The standard InChI is InChI=1S/C11H17N3O3.ClH/c12-6-2-1-3-10(13)9-7-8(15)4-5-11(9)14(16)17;/h4-5,7,10,15H,1-3,6,12-13H2;1H/t10-;/m1./s1. The molecule has 18 heavy (non-hydrogen) atoms. The Bertz CT molecular complexity index is 401. The van der Waals surface area contributed by atoms with Crippen LogP contribution in [0.5, 0.6) is 5.75 Å². The fourth-order valence-electron chi connectivity index (χ4n) is 1.67. The molecule has 1 aromatic carbocycles. The molecule has 0 radical (unpaired) electrons. The van der Waals surface area contributed by atoms with Crippen molar-refractivity contribution in [3.05, 3.63) is 33.9 Å². The highest BCUT2D eigenvalue weighted by molar-refractivity contribution is 5.85. The molecule has 5 N–H and O–H groups in total. The number of hydrogen-bond acceptors (Lipinski definition) is 5. The Balaban J connectivity index is 0.00000289. The van der Waals surface area contributed by atoms with Crippen molar-refractivity contribution >= 4 is 18.1 Å². The van der Waals surface area contributed by atoms with Crippen molar-refractivity contribution in [1.29, 1.82) is 0 Å². The van der Waals surface area contributed by atoms with E-state index in [0.29, 0.717) is 18.5 Å². The molecule has 0 aliphatic carbocycles. The van der Waals surface area contributed by atoms with Gasteiger partial charge in [-0.1, -0.05) is 6.42 Å². The number of phenols is 1. The Morgan fingerprint density at radius 2 is 2.06 bits per heavy atom. The number of aromatic hydroxyl groups is 1. The molecule has 0 aromatic heterocycles. The minimum Gasteiger partial charge on any atom is -0.508 e. The third-order valence-electron chi connectivity index (χ3n) is 2.58. The average Bonchev–Trinajstić information content (AvgIpc) is 2.28. The molecule has 0 fully saturated rings. The van der Waals surface area contributed by atoms with Crippen LogP contribution in [0, 0.1) is 10.1 Å². The number of nitrogens with zero attached hydrogens (tertiary/aromatic N) is 1. The van der Waals surface area contributed by atoms with E-state index in [1.165, 1.54) is 18.2 Å². The number of hydrogen-bond donors (Lipinski definition) is 3. The molecule has 0 saturated carbocycles. The van der Waals surface area contributed by atoms with Gasteiger partial charge in [-0.3, -0.25) is 10.1 Å². The monoisotopic (exact) mass is 275 g/mol. The minimum absolute atomic E-state index is 0. The second-order valence-electron chi connectivity index (χ2n) is 3.89. The summed E-state index contributed by atoms with van der Waals surface area (Å²) in [5, 5.41) is 20.2. The third kappa shape index (κ3) is 4.48. The van der Waals surface area contributed by atoms with E-state index >= 15 is 0 Å². The lowest BCUT2D eigenvalue weighted by molar-refractivity contribution is -0.385. The predicted molar refractivity (Wildman–Crippen MR) is 71.8 cm³/mol. The van der Waals surface area contributed by atoms with Gasteiger partial charge in [-0.2, -0.15) is 0 Å². The Kier molecular flexibility index (Phi) is 7.26. The first-order valence-electron chi connectivity index (χ1n) is 5.49. The number of phenolic OH excluding ortho intramolecular Hbond substituents is 1. The predicted octanol–water partition coefficient (Wildman–Crippen LogP) is 1.85. The first-order chi connectivity index (χ1) is 8.06. The number of halogens is 1. The molecule has 0 saturated heterocycles. The molecule has 0 unspecified atom stereocenters. The van der Waals surface area contributed by atoms with Crippen molar-refractivity contribution in [3.63, 3.8) is 0 Å². The van der Waals surface area contributed by atoms with E-state index in [0.717, 1.165) is 12.8 Å². The maximum Gasteiger partial charge on any atom is 0.274 e. The van der Waals surface area contributed by atoms with Crippen LogP contribution >= 0.6 is 12.4 Å². The van der Waals surface area contributed by atoms with Crippen molar-refractivity contribution < 1.29 is 10.0 Å². The molecule has 102 valence electrons. The number of nitrogens with two attached hydrogens (primary N) is 2. The van der Waals surface area contributed by atoms with Gasteiger partial charge in [0, 0.05) is 12.1 Å². The summed E-state index contributed by atoms with van der Waals surface area (Å²) < 4.78 is 0. The third-order valence-corrected chi connectivity index (χ3v) is 2.58. The van der Waals surface area contributed by atoms with Crippen molar-refractivity contribution in [2.24, 2.45) is 11.5 Å². The molecule has 7 heteroatoms. The summed E-state index contributed by atoms with van der Waals surface area (Å²) in [6.45, 7) is 0.578. The summed E-state index contributed by atoms with van der Waals surface area (Å²) in [5.41, 5.74) is 11.6. The summed E-state index contributed by atoms with van der Waals surface area (Å²) in [4.78, 5) is 10.3. The second-order valence-corrected chi connectivity index (χ2v) is 3.89. The van der Waals surface area contributed by atoms with Crippen LogP contribution in [0.2, 0.25) is 0 Å². The molecular formula is C11H18ClN3O3. The lowest BCUT2D eigenvalue weighted by atomic mass is 10.00. The maximum atomic E-state index is 10.8. The molecule has 1 atom stereocenters. The van der Waals surface area contributed by atoms with Gasteiger partial charge < -0.3 is 16.6 Å². The topological polar surface area (TPSA) is 115 Å². The zero-order chi connectivity index (χ0) is 12.8. The zero-order valence-corrected chi connectivity index (χ0v) is 10.7. The lowest BCUT2D eigenvalue weighted by Gasteiger charge is -2.12. The summed E-state index contributed by atoms with van der Waals surface area (Å²) in [5.74, 6) is -0.0140. The van der Waals surface area contributed by atoms with Gasteiger partial charge in [0.05, 0.1) is 10.5 Å². The van der Waals surface area contributed by atoms with Crippen LogP contribution in [0.3, 0.4) is 0 Å². The van der Waals surface area contributed by atoms with Crippen molar-refractivity contribution in [1.82, 2.24) is 0 Å². The van der Waals surface area contributed by atoms with E-state index < -0.39 is 11.0 Å². The number of nitro benzene ring substituents is 1. The van der Waals surface area contributed by atoms with Crippen molar-refractivity contribution in [2.45, 2.75) is 25.3 Å². The normalized spacial score (nSPS) is 11.7. The summed E-state index contributed by atoms with van der Waals surface area (Å²) in [6.07, 6.45) is 2.26. The van der Waals surface area contributed by atoms with Crippen molar-refractivity contribution in [3.8, 4) is 5.75 Å². The van der Waals surface area contributed by atoms with Gasteiger partial charge in [-0.25, -0.2) is 0 Å². The van der Waals surface area contributed by atoms with Crippen LogP contribution in [-0.4, -0.2) is 16.6 Å². The highest BCUT2D eigenvalue weighted by atomic mass is 35.5. The molecule has 0 amide bonds. The Morgan fingerprint density at radius 3 is 2.61 bits per heavy atom. The van der Waals surface area contributed by atoms with Gasteiger partial charge in [0.15, 0.2) is 0 Å². The molecule has 1 rings (SSSR count). The number of unbranched alkanes of at least 4 members (excludes halogenated alkanes) is 1. The van der Waals surface area contributed by atoms with E-state index in [2.05, 4.69) is 0 Å². The van der Waals surface area contributed by atoms with Gasteiger partial charge in [0.1, 0.15) is 5.75 Å². The highest BCUT2D eigenvalue weighted by Crippen LogP contribution is 2.29. The van der Waals surface area contributed by atoms with Crippen LogP contribution < -0.4 is 11.5 Å². The Labute approximate surface area is 112 Å². The van der Waals surface area contributed by atoms with E-state index in [1.54, 1.807) is 0 Å². The SMILES string of the molecule is Cl.NCCCC[C@@H](N)c1cc(O)ccc1[N+](=O)[O-]. The quantitative estimate of drug-likeness (QED) is 0.416. The first-order valence-corrected chi connectivity index (χ1v) is 5.49. The van der Waals surface area contributed by atoms with Gasteiger partial charge in [0.2, 0.25) is 0 Å². The maximum absolute atomic E-state index is 10.8. The Hall–Kier alpha value is -1.37. The highest BCUT2D eigenvalue weighted by Gasteiger charge is 2.19. The van der Waals surface area contributed by atoms with Crippen LogP contribution in [0.4, 0.5) is 5.69 Å². The molecule has 6 nitrogen and oxygen atoms in total. The lowest BCUT2D eigenvalue weighted by Crippen LogP contribution is -2.13. The van der Waals surface area contributed by atoms with Gasteiger partial charge in [-0.05, 0) is 31.5 Å². The Morgan fingerprint density at radius 1 is 1.39 bits per heavy atom. The van der Waals surface area contributed by atoms with Crippen molar-refractivity contribution in [2.75, 3.05) is 6.54 Å². The molecule has 1 aromatic rings. The molecule has 0 aliphatic heterocycles. The number of rotatable bonds is 6. The number of benzene rings is 1. The average molecular weight is 276 g/mol. The molecule has 0 bridgehead atoms. The smallest absolute Gasteiger partial charge is 0.274 e. The summed E-state index contributed by atoms with van der Waals surface area (Å²) in [7, 11) is 0.